The number of piperidine rings is 1. The molecule has 2 N–H and O–H groups in total. The Morgan fingerprint density at radius 2 is 2.24 bits per heavy atom. The Kier molecular flexibility index (Phi) is 3.70. The zero-order chi connectivity index (χ0) is 12.3. The maximum Gasteiger partial charge on any atom is 0.260 e. The molecule has 0 spiro atoms. The standard InChI is InChI=1S/C10H16N4O2S/c1-8-4-5-10(13-12-8)17(15,16)14-9-3-2-6-11-7-9/h4-5,9,11,14H,2-3,6-7H2,1H3/t9-/m0/s1. The van der Waals surface area contributed by atoms with Crippen molar-refractivity contribution in [2.24, 2.45) is 0 Å². The highest BCUT2D eigenvalue weighted by atomic mass is 32.2. The highest BCUT2D eigenvalue weighted by Gasteiger charge is 2.22. The van der Waals surface area contributed by atoms with Crippen LogP contribution < -0.4 is 10.0 Å². The fourth-order valence-corrected chi connectivity index (χ4v) is 2.92. The summed E-state index contributed by atoms with van der Waals surface area (Å²) in [6.45, 7) is 3.38. The predicted molar refractivity (Wildman–Crippen MR) is 63.0 cm³/mol. The van der Waals surface area contributed by atoms with Gasteiger partial charge < -0.3 is 5.32 Å². The van der Waals surface area contributed by atoms with E-state index in [1.54, 1.807) is 13.0 Å². The molecule has 0 bridgehead atoms. The number of rotatable bonds is 3. The van der Waals surface area contributed by atoms with Gasteiger partial charge in [-0.1, -0.05) is 0 Å². The summed E-state index contributed by atoms with van der Waals surface area (Å²) < 4.78 is 26.6. The second-order valence-corrected chi connectivity index (χ2v) is 5.84. The molecular formula is C10H16N4O2S. The Balaban J connectivity index is 2.10. The Labute approximate surface area is 101 Å². The first-order valence-corrected chi connectivity index (χ1v) is 7.09. The first-order valence-electron chi connectivity index (χ1n) is 5.61. The average Bonchev–Trinajstić information content (AvgIpc) is 2.30. The summed E-state index contributed by atoms with van der Waals surface area (Å²) in [6, 6.07) is 3.05. The molecule has 0 aromatic carbocycles. The molecule has 7 heteroatoms. The number of nitrogens with one attached hydrogen (secondary N) is 2. The molecule has 0 aliphatic carbocycles. The molecule has 1 saturated heterocycles. The van der Waals surface area contributed by atoms with Gasteiger partial charge in [-0.05, 0) is 38.4 Å². The molecule has 2 heterocycles. The van der Waals surface area contributed by atoms with Crippen molar-refractivity contribution in [1.29, 1.82) is 0 Å². The van der Waals surface area contributed by atoms with Crippen molar-refractivity contribution in [3.63, 3.8) is 0 Å². The molecule has 94 valence electrons. The third-order valence-corrected chi connectivity index (χ3v) is 4.08. The first-order chi connectivity index (χ1) is 8.08. The minimum atomic E-state index is -3.54. The van der Waals surface area contributed by atoms with Crippen LogP contribution in [0.2, 0.25) is 0 Å². The zero-order valence-corrected chi connectivity index (χ0v) is 10.5. The number of hydrogen-bond donors (Lipinski definition) is 2. The highest BCUT2D eigenvalue weighted by Crippen LogP contribution is 2.08. The molecule has 6 nitrogen and oxygen atoms in total. The van der Waals surface area contributed by atoms with E-state index in [4.69, 9.17) is 0 Å². The van der Waals surface area contributed by atoms with E-state index in [0.29, 0.717) is 12.2 Å². The molecule has 1 aromatic heterocycles. The third kappa shape index (κ3) is 3.21. The van der Waals surface area contributed by atoms with Crippen LogP contribution in [0.25, 0.3) is 0 Å². The van der Waals surface area contributed by atoms with Crippen LogP contribution in [0.3, 0.4) is 0 Å². The van der Waals surface area contributed by atoms with E-state index in [1.807, 2.05) is 0 Å². The van der Waals surface area contributed by atoms with Crippen LogP contribution in [-0.4, -0.2) is 37.7 Å². The predicted octanol–water partition coefficient (Wildman–Crippen LogP) is -0.185. The van der Waals surface area contributed by atoms with Crippen LogP contribution >= 0.6 is 0 Å². The third-order valence-electron chi connectivity index (χ3n) is 2.67. The number of aryl methyl sites for hydroxylation is 1. The second kappa shape index (κ2) is 5.07. The van der Waals surface area contributed by atoms with Crippen LogP contribution in [-0.2, 0) is 10.0 Å². The minimum absolute atomic E-state index is 0.0197. The topological polar surface area (TPSA) is 84.0 Å². The van der Waals surface area contributed by atoms with Crippen molar-refractivity contribution < 1.29 is 8.42 Å². The van der Waals surface area contributed by atoms with E-state index in [-0.39, 0.29) is 11.1 Å². The molecule has 2 rings (SSSR count). The molecule has 0 unspecified atom stereocenters. The Morgan fingerprint density at radius 3 is 2.82 bits per heavy atom. The summed E-state index contributed by atoms with van der Waals surface area (Å²) >= 11 is 0. The monoisotopic (exact) mass is 256 g/mol. The summed E-state index contributed by atoms with van der Waals surface area (Å²) in [6.07, 6.45) is 1.83. The lowest BCUT2D eigenvalue weighted by Crippen LogP contribution is -2.45. The fourth-order valence-electron chi connectivity index (χ4n) is 1.76. The van der Waals surface area contributed by atoms with Gasteiger partial charge in [0, 0.05) is 12.6 Å². The molecule has 1 fully saturated rings. The lowest BCUT2D eigenvalue weighted by atomic mass is 10.1. The summed E-state index contributed by atoms with van der Waals surface area (Å²) in [4.78, 5) is 0. The van der Waals surface area contributed by atoms with Gasteiger partial charge in [0.15, 0.2) is 5.03 Å². The zero-order valence-electron chi connectivity index (χ0n) is 9.68. The largest absolute Gasteiger partial charge is 0.315 e. The molecule has 1 aromatic rings. The van der Waals surface area contributed by atoms with Crippen LogP contribution in [0.1, 0.15) is 18.5 Å². The summed E-state index contributed by atoms with van der Waals surface area (Å²) in [5, 5.41) is 10.6. The van der Waals surface area contributed by atoms with Gasteiger partial charge >= 0.3 is 0 Å². The van der Waals surface area contributed by atoms with Gasteiger partial charge in [0.1, 0.15) is 0 Å². The molecule has 1 aliphatic heterocycles. The van der Waals surface area contributed by atoms with Crippen LogP contribution in [0, 0.1) is 6.92 Å². The smallest absolute Gasteiger partial charge is 0.260 e. The summed E-state index contributed by atoms with van der Waals surface area (Å²) in [7, 11) is -3.54. The maximum atomic E-state index is 12.0. The minimum Gasteiger partial charge on any atom is -0.315 e. The number of aromatic nitrogens is 2. The van der Waals surface area contributed by atoms with Gasteiger partial charge in [-0.2, -0.15) is 5.10 Å². The van der Waals surface area contributed by atoms with Gasteiger partial charge in [0.05, 0.1) is 5.69 Å². The van der Waals surface area contributed by atoms with E-state index in [2.05, 4.69) is 20.2 Å². The molecule has 1 aliphatic rings. The van der Waals surface area contributed by atoms with Gasteiger partial charge in [-0.3, -0.25) is 0 Å². The normalized spacial score (nSPS) is 21.4. The maximum absolute atomic E-state index is 12.0. The first kappa shape index (κ1) is 12.4. The molecule has 0 saturated carbocycles. The number of hydrogen-bond acceptors (Lipinski definition) is 5. The van der Waals surface area contributed by atoms with E-state index in [9.17, 15) is 8.42 Å². The van der Waals surface area contributed by atoms with E-state index >= 15 is 0 Å². The lowest BCUT2D eigenvalue weighted by molar-refractivity contribution is 0.428. The number of sulfonamides is 1. The van der Waals surface area contributed by atoms with Gasteiger partial charge in [0.25, 0.3) is 10.0 Å². The van der Waals surface area contributed by atoms with Crippen LogP contribution in [0.5, 0.6) is 0 Å². The molecule has 17 heavy (non-hydrogen) atoms. The Bertz CT molecular complexity index is 466. The lowest BCUT2D eigenvalue weighted by Gasteiger charge is -2.23. The van der Waals surface area contributed by atoms with Crippen molar-refractivity contribution in [1.82, 2.24) is 20.2 Å². The van der Waals surface area contributed by atoms with E-state index < -0.39 is 10.0 Å². The van der Waals surface area contributed by atoms with Crippen molar-refractivity contribution >= 4 is 10.0 Å². The molecule has 0 radical (unpaired) electrons. The summed E-state index contributed by atoms with van der Waals surface area (Å²) in [5.41, 5.74) is 0.697. The van der Waals surface area contributed by atoms with Crippen molar-refractivity contribution in [2.45, 2.75) is 30.8 Å². The highest BCUT2D eigenvalue weighted by molar-refractivity contribution is 7.89. The Morgan fingerprint density at radius 1 is 1.41 bits per heavy atom. The van der Waals surface area contributed by atoms with Gasteiger partial charge in [-0.15, -0.1) is 5.10 Å². The van der Waals surface area contributed by atoms with Crippen molar-refractivity contribution in [3.05, 3.63) is 17.8 Å². The second-order valence-electron chi connectivity index (χ2n) is 4.18. The van der Waals surface area contributed by atoms with Gasteiger partial charge in [-0.25, -0.2) is 13.1 Å². The van der Waals surface area contributed by atoms with Crippen molar-refractivity contribution in [2.75, 3.05) is 13.1 Å². The Hall–Kier alpha value is -1.05. The fraction of sp³-hybridized carbons (Fsp3) is 0.600. The molecule has 1 atom stereocenters. The quantitative estimate of drug-likeness (QED) is 0.783. The summed E-state index contributed by atoms with van der Waals surface area (Å²) in [5.74, 6) is 0. The SMILES string of the molecule is Cc1ccc(S(=O)(=O)N[C@H]2CCCNC2)nn1. The van der Waals surface area contributed by atoms with E-state index in [0.717, 1.165) is 19.4 Å². The van der Waals surface area contributed by atoms with Crippen molar-refractivity contribution in [3.8, 4) is 0 Å². The van der Waals surface area contributed by atoms with Gasteiger partial charge in [0.2, 0.25) is 0 Å². The molecule has 0 amide bonds. The van der Waals surface area contributed by atoms with Crippen LogP contribution in [0.4, 0.5) is 0 Å². The number of nitrogens with zero attached hydrogens (tertiary/aromatic N) is 2. The van der Waals surface area contributed by atoms with Crippen LogP contribution in [0.15, 0.2) is 17.2 Å². The average molecular weight is 256 g/mol. The molecular weight excluding hydrogens is 240 g/mol. The van der Waals surface area contributed by atoms with E-state index in [1.165, 1.54) is 6.07 Å².